The summed E-state index contributed by atoms with van der Waals surface area (Å²) in [5.41, 5.74) is 6.11. The molecule has 0 unspecified atom stereocenters. The maximum Gasteiger partial charge on any atom is 0.278 e. The van der Waals surface area contributed by atoms with Gasteiger partial charge in [0.2, 0.25) is 0 Å². The summed E-state index contributed by atoms with van der Waals surface area (Å²) in [5, 5.41) is 1.26. The topological polar surface area (TPSA) is 59.2 Å². The van der Waals surface area contributed by atoms with E-state index in [1.807, 2.05) is 63.7 Å². The fraction of sp³-hybridized carbons (Fsp3) is 0.104. The largest absolute Gasteiger partial charge is 0.369 e. The molecule has 2 heterocycles. The van der Waals surface area contributed by atoms with Gasteiger partial charge in [0.1, 0.15) is 40.6 Å². The standard InChI is InChI=1S/C24H18ClF2N3O.C24H20ClF2N3/c1-29(20-12-8-19(27)9-13-20)24(31)22-15-30(21-10-4-17(25)5-11-21)23(28-22)14-16-2-6-18(26)7-3-16;1-29(22-12-8-20(27)9-13-22)15-21-16-30(23-10-4-18(25)5-11-23)24(28-21)14-17-2-6-19(26)7-3-17/h2-13,15H,14H2,1H3;2-13,16H,14-15H2,1H3. The summed E-state index contributed by atoms with van der Waals surface area (Å²) in [6.07, 6.45) is 4.60. The van der Waals surface area contributed by atoms with Crippen LogP contribution in [-0.2, 0) is 19.4 Å². The fourth-order valence-corrected chi connectivity index (χ4v) is 6.78. The van der Waals surface area contributed by atoms with E-state index in [0.717, 1.165) is 39.7 Å². The number of halogens is 6. The molecule has 0 fully saturated rings. The molecule has 0 N–H and O–H groups in total. The first kappa shape index (κ1) is 42.4. The van der Waals surface area contributed by atoms with Crippen molar-refractivity contribution in [2.45, 2.75) is 19.4 Å². The van der Waals surface area contributed by atoms with E-state index in [4.69, 9.17) is 28.2 Å². The van der Waals surface area contributed by atoms with E-state index in [9.17, 15) is 22.4 Å². The van der Waals surface area contributed by atoms with Gasteiger partial charge in [-0.1, -0.05) is 47.5 Å². The molecular weight excluding hydrogens is 823 g/mol. The lowest BCUT2D eigenvalue weighted by Gasteiger charge is -2.17. The minimum atomic E-state index is -0.377. The van der Waals surface area contributed by atoms with Crippen molar-refractivity contribution in [3.63, 3.8) is 0 Å². The first-order valence-corrected chi connectivity index (χ1v) is 19.8. The Kier molecular flexibility index (Phi) is 13.3. The highest BCUT2D eigenvalue weighted by Crippen LogP contribution is 2.24. The molecule has 308 valence electrons. The second kappa shape index (κ2) is 19.1. The second-order valence-corrected chi connectivity index (χ2v) is 15.0. The Morgan fingerprint density at radius 1 is 0.525 bits per heavy atom. The zero-order valence-electron chi connectivity index (χ0n) is 33.0. The summed E-state index contributed by atoms with van der Waals surface area (Å²) in [5.74, 6) is -0.0992. The van der Waals surface area contributed by atoms with Gasteiger partial charge in [0.05, 0.1) is 12.2 Å². The van der Waals surface area contributed by atoms with Crippen molar-refractivity contribution in [1.29, 1.82) is 0 Å². The number of carbonyl (C=O) groups excluding carboxylic acids is 1. The lowest BCUT2D eigenvalue weighted by atomic mass is 10.1. The van der Waals surface area contributed by atoms with Gasteiger partial charge in [-0.3, -0.25) is 4.79 Å². The normalized spacial score (nSPS) is 10.9. The van der Waals surface area contributed by atoms with Crippen molar-refractivity contribution in [1.82, 2.24) is 19.1 Å². The van der Waals surface area contributed by atoms with Crippen LogP contribution in [0.4, 0.5) is 28.9 Å². The van der Waals surface area contributed by atoms with E-state index in [1.165, 1.54) is 65.6 Å². The van der Waals surface area contributed by atoms with Crippen LogP contribution in [0.2, 0.25) is 10.0 Å². The summed E-state index contributed by atoms with van der Waals surface area (Å²) < 4.78 is 56.8. The quantitative estimate of drug-likeness (QED) is 0.122. The molecule has 0 aliphatic heterocycles. The van der Waals surface area contributed by atoms with Crippen LogP contribution < -0.4 is 9.80 Å². The Morgan fingerprint density at radius 2 is 0.918 bits per heavy atom. The average molecular weight is 862 g/mol. The number of amides is 1. The van der Waals surface area contributed by atoms with Gasteiger partial charge in [0, 0.05) is 72.1 Å². The number of hydrogen-bond acceptors (Lipinski definition) is 4. The Bertz CT molecular complexity index is 2700. The van der Waals surface area contributed by atoms with Crippen LogP contribution in [0.25, 0.3) is 11.4 Å². The Labute approximate surface area is 360 Å². The van der Waals surface area contributed by atoms with Crippen LogP contribution >= 0.6 is 23.2 Å². The third-order valence-electron chi connectivity index (χ3n) is 9.77. The number of benzene rings is 6. The van der Waals surface area contributed by atoms with E-state index in [2.05, 4.69) is 4.98 Å². The number of nitrogens with zero attached hydrogens (tertiary/aromatic N) is 6. The van der Waals surface area contributed by atoms with Crippen molar-refractivity contribution >= 4 is 40.5 Å². The molecule has 1 amide bonds. The molecule has 0 bridgehead atoms. The number of imidazole rings is 2. The van der Waals surface area contributed by atoms with Gasteiger partial charge >= 0.3 is 0 Å². The van der Waals surface area contributed by atoms with Gasteiger partial charge < -0.3 is 18.9 Å². The molecule has 0 aliphatic rings. The SMILES string of the molecule is CN(C(=O)c1cn(-c2ccc(Cl)cc2)c(Cc2ccc(F)cc2)n1)c1ccc(F)cc1.CN(Cc1cn(-c2ccc(Cl)cc2)c(Cc2ccc(F)cc2)n1)c1ccc(F)cc1. The maximum atomic E-state index is 13.3. The van der Waals surface area contributed by atoms with Crippen molar-refractivity contribution in [2.24, 2.45) is 0 Å². The predicted molar refractivity (Wildman–Crippen MR) is 233 cm³/mol. The number of carbonyl (C=O) groups is 1. The molecule has 0 saturated carbocycles. The maximum absolute atomic E-state index is 13.3. The van der Waals surface area contributed by atoms with E-state index in [-0.39, 0.29) is 34.9 Å². The molecule has 2 aromatic heterocycles. The molecular formula is C48H38Cl2F4N6O. The molecule has 13 heteroatoms. The van der Waals surface area contributed by atoms with Crippen molar-refractivity contribution in [3.8, 4) is 11.4 Å². The lowest BCUT2D eigenvalue weighted by Crippen LogP contribution is -2.26. The van der Waals surface area contributed by atoms with E-state index in [0.29, 0.717) is 40.9 Å². The highest BCUT2D eigenvalue weighted by molar-refractivity contribution is 6.30. The van der Waals surface area contributed by atoms with Gasteiger partial charge in [0.25, 0.3) is 5.91 Å². The molecule has 8 aromatic rings. The monoisotopic (exact) mass is 860 g/mol. The molecule has 8 rings (SSSR count). The lowest BCUT2D eigenvalue weighted by molar-refractivity contribution is 0.0988. The van der Waals surface area contributed by atoms with Gasteiger partial charge in [0.15, 0.2) is 0 Å². The Hall–Kier alpha value is -6.69. The molecule has 7 nitrogen and oxygen atoms in total. The van der Waals surface area contributed by atoms with Crippen molar-refractivity contribution in [2.75, 3.05) is 23.9 Å². The van der Waals surface area contributed by atoms with Gasteiger partial charge in [-0.15, -0.1) is 0 Å². The number of aromatic nitrogens is 4. The van der Waals surface area contributed by atoms with Crippen LogP contribution in [0.3, 0.4) is 0 Å². The molecule has 0 atom stereocenters. The fourth-order valence-electron chi connectivity index (χ4n) is 6.52. The van der Waals surface area contributed by atoms with Crippen LogP contribution in [0, 0.1) is 23.3 Å². The summed E-state index contributed by atoms with van der Waals surface area (Å²) in [4.78, 5) is 25.9. The van der Waals surface area contributed by atoms with E-state index < -0.39 is 0 Å². The van der Waals surface area contributed by atoms with Crippen LogP contribution in [0.5, 0.6) is 0 Å². The molecule has 0 saturated heterocycles. The average Bonchev–Trinajstić information content (AvgIpc) is 3.87. The molecule has 0 spiro atoms. The van der Waals surface area contributed by atoms with Gasteiger partial charge in [-0.25, -0.2) is 27.5 Å². The predicted octanol–water partition coefficient (Wildman–Crippen LogP) is 11.7. The zero-order chi connectivity index (χ0) is 43.0. The summed E-state index contributed by atoms with van der Waals surface area (Å²) in [7, 11) is 3.55. The van der Waals surface area contributed by atoms with Crippen molar-refractivity contribution < 1.29 is 22.4 Å². The van der Waals surface area contributed by atoms with Crippen molar-refractivity contribution in [3.05, 3.63) is 225 Å². The number of anilines is 2. The molecule has 0 aliphatic carbocycles. The highest BCUT2D eigenvalue weighted by atomic mass is 35.5. The Morgan fingerprint density at radius 3 is 1.38 bits per heavy atom. The number of hydrogen-bond donors (Lipinski definition) is 0. The first-order valence-electron chi connectivity index (χ1n) is 19.0. The van der Waals surface area contributed by atoms with Crippen LogP contribution in [-0.4, -0.2) is 39.1 Å². The second-order valence-electron chi connectivity index (χ2n) is 14.2. The molecule has 0 radical (unpaired) electrons. The van der Waals surface area contributed by atoms with Crippen LogP contribution in [0.15, 0.2) is 158 Å². The first-order chi connectivity index (χ1) is 29.4. The third-order valence-corrected chi connectivity index (χ3v) is 10.3. The summed E-state index contributed by atoms with van der Waals surface area (Å²) >= 11 is 12.1. The highest BCUT2D eigenvalue weighted by Gasteiger charge is 2.21. The van der Waals surface area contributed by atoms with E-state index in [1.54, 1.807) is 61.8 Å². The molecule has 6 aromatic carbocycles. The van der Waals surface area contributed by atoms with E-state index >= 15 is 0 Å². The smallest absolute Gasteiger partial charge is 0.278 e. The summed E-state index contributed by atoms with van der Waals surface area (Å²) in [6, 6.07) is 39.3. The third kappa shape index (κ3) is 10.9. The van der Waals surface area contributed by atoms with Gasteiger partial charge in [-0.05, 0) is 132 Å². The minimum absolute atomic E-state index is 0.235. The molecule has 61 heavy (non-hydrogen) atoms. The van der Waals surface area contributed by atoms with Gasteiger partial charge in [-0.2, -0.15) is 0 Å². The minimum Gasteiger partial charge on any atom is -0.369 e. The Balaban J connectivity index is 0.000000184. The zero-order valence-corrected chi connectivity index (χ0v) is 34.5. The summed E-state index contributed by atoms with van der Waals surface area (Å²) in [6.45, 7) is 0.558. The number of rotatable bonds is 11. The van der Waals surface area contributed by atoms with Crippen LogP contribution in [0.1, 0.15) is 39.0 Å².